The van der Waals surface area contributed by atoms with Gasteiger partial charge in [0.15, 0.2) is 0 Å². The van der Waals surface area contributed by atoms with Gasteiger partial charge in [0.1, 0.15) is 20.8 Å². The number of hydrogen-bond donors (Lipinski definition) is 2. The smallest absolute Gasteiger partial charge is 0.332 e. The van der Waals surface area contributed by atoms with Crippen LogP contribution in [0.15, 0.2) is 34.6 Å². The maximum Gasteiger partial charge on any atom is 0.332 e. The van der Waals surface area contributed by atoms with Gasteiger partial charge in [-0.25, -0.2) is 4.79 Å². The summed E-state index contributed by atoms with van der Waals surface area (Å²) >= 11 is 0.928. The molecule has 0 saturated carbocycles. The molecule has 1 atom stereocenters. The summed E-state index contributed by atoms with van der Waals surface area (Å²) in [5.74, 6) is -1.48. The average Bonchev–Trinajstić information content (AvgIpc) is 3.08. The lowest BCUT2D eigenvalue weighted by Crippen LogP contribution is -2.41. The summed E-state index contributed by atoms with van der Waals surface area (Å²) in [4.78, 5) is 37.4. The molecule has 10 heteroatoms. The summed E-state index contributed by atoms with van der Waals surface area (Å²) in [5.41, 5.74) is 6.44. The van der Waals surface area contributed by atoms with Crippen molar-refractivity contribution < 1.29 is 19.1 Å². The number of amides is 1. The molecule has 0 spiro atoms. The lowest BCUT2D eigenvalue weighted by molar-refractivity contribution is -0.133. The molecular weight excluding hydrogens is 408 g/mol. The third-order valence-electron chi connectivity index (χ3n) is 4.64. The molecule has 1 aliphatic rings. The van der Waals surface area contributed by atoms with Gasteiger partial charge in [-0.2, -0.15) is 5.26 Å². The quantitative estimate of drug-likeness (QED) is 0.612. The molecule has 0 bridgehead atoms. The molecule has 3 rings (SSSR count). The fourth-order valence-electron chi connectivity index (χ4n) is 3.20. The number of rotatable bonds is 4. The first kappa shape index (κ1) is 20.9. The summed E-state index contributed by atoms with van der Waals surface area (Å²) in [6.07, 6.45) is 1.03. The Morgan fingerprint density at radius 1 is 1.30 bits per heavy atom. The van der Waals surface area contributed by atoms with Gasteiger partial charge in [0, 0.05) is 13.1 Å². The third kappa shape index (κ3) is 3.35. The Bertz CT molecular complexity index is 1280. The van der Waals surface area contributed by atoms with Crippen LogP contribution in [0, 0.1) is 11.3 Å². The summed E-state index contributed by atoms with van der Waals surface area (Å²) in [5, 5.41) is 12.4. The zero-order valence-corrected chi connectivity index (χ0v) is 17.2. The molecule has 0 fully saturated rings. The lowest BCUT2D eigenvalue weighted by Gasteiger charge is -2.25. The van der Waals surface area contributed by atoms with Gasteiger partial charge >= 0.3 is 5.97 Å². The highest BCUT2D eigenvalue weighted by molar-refractivity contribution is 7.07. The Balaban J connectivity index is 2.44. The van der Waals surface area contributed by atoms with Crippen LogP contribution in [0.25, 0.3) is 17.5 Å². The van der Waals surface area contributed by atoms with E-state index in [1.165, 1.54) is 21.3 Å². The van der Waals surface area contributed by atoms with Crippen molar-refractivity contribution in [2.45, 2.75) is 5.92 Å². The van der Waals surface area contributed by atoms with E-state index in [9.17, 15) is 19.6 Å². The van der Waals surface area contributed by atoms with E-state index in [2.05, 4.69) is 10.1 Å². The molecule has 3 N–H and O–H groups in total. The van der Waals surface area contributed by atoms with Gasteiger partial charge in [-0.3, -0.25) is 14.2 Å². The summed E-state index contributed by atoms with van der Waals surface area (Å²) in [6, 6.07) is 8.88. The number of benzene rings is 1. The van der Waals surface area contributed by atoms with Gasteiger partial charge in [0.2, 0.25) is 0 Å². The average molecular weight is 426 g/mol. The largest absolute Gasteiger partial charge is 0.497 e. The zero-order valence-electron chi connectivity index (χ0n) is 16.4. The van der Waals surface area contributed by atoms with Gasteiger partial charge in [-0.15, -0.1) is 11.3 Å². The van der Waals surface area contributed by atoms with Gasteiger partial charge in [-0.1, -0.05) is 12.1 Å². The van der Waals surface area contributed by atoms with Gasteiger partial charge < -0.3 is 20.5 Å². The highest BCUT2D eigenvalue weighted by Crippen LogP contribution is 2.36. The van der Waals surface area contributed by atoms with Crippen molar-refractivity contribution in [3.8, 4) is 11.8 Å². The number of carbonyl (C=O) groups is 2. The fourth-order valence-corrected chi connectivity index (χ4v) is 4.33. The van der Waals surface area contributed by atoms with Crippen molar-refractivity contribution in [1.82, 2.24) is 9.88 Å². The predicted octanol–water partition coefficient (Wildman–Crippen LogP) is -0.783. The highest BCUT2D eigenvalue weighted by Gasteiger charge is 2.35. The van der Waals surface area contributed by atoms with Crippen LogP contribution in [0.5, 0.6) is 5.75 Å². The van der Waals surface area contributed by atoms with Gasteiger partial charge in [-0.05, 0) is 17.7 Å². The molecule has 2 aromatic rings. The van der Waals surface area contributed by atoms with E-state index in [1.807, 2.05) is 6.07 Å². The third-order valence-corrected chi connectivity index (χ3v) is 5.75. The number of nitrogens with zero attached hydrogens (tertiary/aromatic N) is 2. The van der Waals surface area contributed by atoms with Crippen LogP contribution in [-0.4, -0.2) is 37.7 Å². The fraction of sp³-hybridized carbons (Fsp3) is 0.200. The predicted molar refractivity (Wildman–Crippen MR) is 111 cm³/mol. The number of nitrogens with one attached hydrogen (secondary N) is 1. The minimum Gasteiger partial charge on any atom is -0.497 e. The Morgan fingerprint density at radius 2 is 1.97 bits per heavy atom. The van der Waals surface area contributed by atoms with Crippen LogP contribution in [0.4, 0.5) is 0 Å². The van der Waals surface area contributed by atoms with Gasteiger partial charge in [0.25, 0.3) is 11.5 Å². The zero-order chi connectivity index (χ0) is 22.0. The van der Waals surface area contributed by atoms with Crippen molar-refractivity contribution in [3.05, 3.63) is 55.0 Å². The number of hydrogen-bond acceptors (Lipinski definition) is 8. The Labute approximate surface area is 174 Å². The van der Waals surface area contributed by atoms with E-state index in [1.54, 1.807) is 24.3 Å². The maximum atomic E-state index is 12.9. The first-order valence-electron chi connectivity index (χ1n) is 8.69. The second kappa shape index (κ2) is 8.26. The van der Waals surface area contributed by atoms with Crippen LogP contribution in [0.1, 0.15) is 11.5 Å². The number of thiazole rings is 1. The first-order valence-corrected chi connectivity index (χ1v) is 9.51. The number of nitrogens with two attached hydrogens (primary N) is 1. The normalized spacial score (nSPS) is 16.0. The molecule has 1 aromatic heterocycles. The van der Waals surface area contributed by atoms with Crippen molar-refractivity contribution in [2.24, 2.45) is 5.73 Å². The number of methoxy groups -OCH3 is 2. The van der Waals surface area contributed by atoms with Crippen molar-refractivity contribution in [2.75, 3.05) is 21.3 Å². The van der Waals surface area contributed by atoms with Crippen molar-refractivity contribution >= 4 is 40.7 Å². The topological polar surface area (TPSA) is 136 Å². The Hall–Kier alpha value is -3.84. The standard InChI is InChI=1S/C20H18N4O5S/c1-23-18(26)16-15(10-4-6-11(28-2)7-5-10)12(9-21)17(22)24-19(27)13(30-20(16)24)8-14(25)29-3/h4-8,15H,22H2,1-3H3,(H,23,26)/b13-8-/t15-/m0/s1. The van der Waals surface area contributed by atoms with E-state index in [0.29, 0.717) is 11.3 Å². The van der Waals surface area contributed by atoms with E-state index in [0.717, 1.165) is 22.0 Å². The van der Waals surface area contributed by atoms with E-state index in [4.69, 9.17) is 10.5 Å². The molecule has 2 heterocycles. The van der Waals surface area contributed by atoms with Crippen LogP contribution in [-0.2, 0) is 14.3 Å². The molecule has 30 heavy (non-hydrogen) atoms. The van der Waals surface area contributed by atoms with E-state index < -0.39 is 23.4 Å². The molecule has 0 aliphatic carbocycles. The Morgan fingerprint density at radius 3 is 2.50 bits per heavy atom. The second-order valence-electron chi connectivity index (χ2n) is 6.19. The number of carbonyl (C=O) groups excluding carboxylic acids is 2. The minimum atomic E-state index is -0.801. The summed E-state index contributed by atoms with van der Waals surface area (Å²) in [7, 11) is 4.17. The number of fused-ring (bicyclic) bond motifs is 1. The molecule has 1 aliphatic heterocycles. The Kier molecular flexibility index (Phi) is 5.75. The minimum absolute atomic E-state index is 0.0360. The summed E-state index contributed by atoms with van der Waals surface area (Å²) in [6.45, 7) is 0. The number of ether oxygens (including phenoxy) is 2. The van der Waals surface area contributed by atoms with Crippen molar-refractivity contribution in [3.63, 3.8) is 0 Å². The van der Waals surface area contributed by atoms with Crippen LogP contribution in [0.3, 0.4) is 0 Å². The molecule has 0 unspecified atom stereocenters. The molecule has 9 nitrogen and oxygen atoms in total. The molecular formula is C20H18N4O5S. The van der Waals surface area contributed by atoms with Crippen molar-refractivity contribution in [1.29, 1.82) is 5.26 Å². The number of allylic oxidation sites excluding steroid dienone is 1. The van der Waals surface area contributed by atoms with E-state index >= 15 is 0 Å². The monoisotopic (exact) mass is 426 g/mol. The summed E-state index contributed by atoms with van der Waals surface area (Å²) < 4.78 is 11.1. The lowest BCUT2D eigenvalue weighted by atomic mass is 9.83. The number of aromatic nitrogens is 1. The van der Waals surface area contributed by atoms with Crippen LogP contribution in [0.2, 0.25) is 0 Å². The van der Waals surface area contributed by atoms with Crippen LogP contribution < -0.4 is 30.5 Å². The molecule has 1 aromatic carbocycles. The second-order valence-corrected chi connectivity index (χ2v) is 7.22. The molecule has 0 saturated heterocycles. The van der Waals surface area contributed by atoms with Crippen LogP contribution >= 0.6 is 11.3 Å². The number of nitriles is 1. The first-order chi connectivity index (χ1) is 14.4. The maximum absolute atomic E-state index is 12.9. The number of esters is 1. The van der Waals surface area contributed by atoms with E-state index in [-0.39, 0.29) is 26.2 Å². The highest BCUT2D eigenvalue weighted by atomic mass is 32.1. The molecule has 1 amide bonds. The SMILES string of the molecule is CNC(=O)C1=c2s/c(=C\C(=O)OC)c(=O)n2C(N)=C(C#N)[C@@H]1c1ccc(OC)cc1. The molecule has 0 radical (unpaired) electrons. The molecule has 154 valence electrons. The van der Waals surface area contributed by atoms with Gasteiger partial charge in [0.05, 0.1) is 37.4 Å².